The number of carbonyl (C=O) groups excluding carboxylic acids is 1. The SMILES string of the molecule is O=C(N[C@H]1CC[C@H](C(F)F)CC1)c1cc(C2CC2)nc(-n2ccnc2)n1. The van der Waals surface area contributed by atoms with E-state index in [9.17, 15) is 13.6 Å². The molecule has 2 aromatic rings. The fourth-order valence-electron chi connectivity index (χ4n) is 3.43. The fourth-order valence-corrected chi connectivity index (χ4v) is 3.43. The zero-order chi connectivity index (χ0) is 18.1. The molecule has 0 unspecified atom stereocenters. The quantitative estimate of drug-likeness (QED) is 0.888. The molecule has 0 aromatic carbocycles. The molecule has 2 fully saturated rings. The Labute approximate surface area is 150 Å². The number of alkyl halides is 2. The van der Waals surface area contributed by atoms with Crippen LogP contribution in [0.3, 0.4) is 0 Å². The van der Waals surface area contributed by atoms with Gasteiger partial charge < -0.3 is 5.32 Å². The van der Waals surface area contributed by atoms with E-state index in [1.807, 2.05) is 0 Å². The van der Waals surface area contributed by atoms with Crippen molar-refractivity contribution in [1.82, 2.24) is 24.8 Å². The predicted molar refractivity (Wildman–Crippen MR) is 90.3 cm³/mol. The van der Waals surface area contributed by atoms with Crippen LogP contribution in [0, 0.1) is 5.92 Å². The normalized spacial score (nSPS) is 23.2. The van der Waals surface area contributed by atoms with E-state index in [-0.39, 0.29) is 11.9 Å². The average Bonchev–Trinajstić information content (AvgIpc) is 3.36. The Morgan fingerprint density at radius 3 is 2.54 bits per heavy atom. The van der Waals surface area contributed by atoms with Gasteiger partial charge in [-0.25, -0.2) is 23.7 Å². The van der Waals surface area contributed by atoms with Gasteiger partial charge in [-0.3, -0.25) is 9.36 Å². The van der Waals surface area contributed by atoms with E-state index in [2.05, 4.69) is 20.3 Å². The van der Waals surface area contributed by atoms with Crippen LogP contribution in [0.4, 0.5) is 8.78 Å². The van der Waals surface area contributed by atoms with E-state index in [0.29, 0.717) is 43.2 Å². The lowest BCUT2D eigenvalue weighted by molar-refractivity contribution is 0.0499. The molecule has 2 heterocycles. The molecular weight excluding hydrogens is 340 g/mol. The van der Waals surface area contributed by atoms with Crippen LogP contribution >= 0.6 is 0 Å². The number of hydrogen-bond acceptors (Lipinski definition) is 4. The van der Waals surface area contributed by atoms with Gasteiger partial charge in [-0.05, 0) is 44.6 Å². The smallest absolute Gasteiger partial charge is 0.270 e. The molecule has 6 nitrogen and oxygen atoms in total. The van der Waals surface area contributed by atoms with E-state index in [1.165, 1.54) is 0 Å². The van der Waals surface area contributed by atoms with Crippen LogP contribution in [0.5, 0.6) is 0 Å². The van der Waals surface area contributed by atoms with Gasteiger partial charge >= 0.3 is 0 Å². The molecule has 1 amide bonds. The second-order valence-corrected chi connectivity index (χ2v) is 7.14. The van der Waals surface area contributed by atoms with E-state index in [0.717, 1.165) is 18.5 Å². The molecule has 1 N–H and O–H groups in total. The summed E-state index contributed by atoms with van der Waals surface area (Å²) in [6, 6.07) is 1.67. The molecule has 2 aliphatic carbocycles. The Balaban J connectivity index is 1.49. The lowest BCUT2D eigenvalue weighted by Crippen LogP contribution is -2.39. The van der Waals surface area contributed by atoms with Crippen LogP contribution < -0.4 is 5.32 Å². The maximum Gasteiger partial charge on any atom is 0.270 e. The van der Waals surface area contributed by atoms with Crippen LogP contribution in [0.15, 0.2) is 24.8 Å². The first-order valence-corrected chi connectivity index (χ1v) is 9.06. The Bertz CT molecular complexity index is 768. The van der Waals surface area contributed by atoms with Gasteiger partial charge in [0.25, 0.3) is 5.91 Å². The van der Waals surface area contributed by atoms with Gasteiger partial charge in [0, 0.05) is 36.0 Å². The Morgan fingerprint density at radius 2 is 1.92 bits per heavy atom. The number of nitrogens with zero attached hydrogens (tertiary/aromatic N) is 4. The van der Waals surface area contributed by atoms with Crippen LogP contribution in [0.25, 0.3) is 5.95 Å². The molecule has 0 bridgehead atoms. The highest BCUT2D eigenvalue weighted by Gasteiger charge is 2.30. The van der Waals surface area contributed by atoms with Gasteiger partial charge in [0.1, 0.15) is 12.0 Å². The average molecular weight is 361 g/mol. The lowest BCUT2D eigenvalue weighted by Gasteiger charge is -2.28. The first-order valence-electron chi connectivity index (χ1n) is 9.06. The van der Waals surface area contributed by atoms with E-state index < -0.39 is 12.3 Å². The van der Waals surface area contributed by atoms with Gasteiger partial charge in [0.05, 0.1) is 0 Å². The van der Waals surface area contributed by atoms with Crippen LogP contribution in [-0.2, 0) is 0 Å². The predicted octanol–water partition coefficient (Wildman–Crippen LogP) is 3.09. The third-order valence-corrected chi connectivity index (χ3v) is 5.16. The van der Waals surface area contributed by atoms with Crippen molar-refractivity contribution in [3.8, 4) is 5.95 Å². The standard InChI is InChI=1S/C18H21F2N5O/c19-16(20)12-3-5-13(6-4-12)22-17(26)15-9-14(11-1-2-11)23-18(24-15)25-8-7-21-10-25/h7-13,16H,1-6H2,(H,22,26)/t12-,13-. The van der Waals surface area contributed by atoms with Crippen molar-refractivity contribution in [2.24, 2.45) is 5.92 Å². The van der Waals surface area contributed by atoms with Crippen molar-refractivity contribution in [3.63, 3.8) is 0 Å². The summed E-state index contributed by atoms with van der Waals surface area (Å²) < 4.78 is 27.2. The van der Waals surface area contributed by atoms with Crippen molar-refractivity contribution >= 4 is 5.91 Å². The molecule has 26 heavy (non-hydrogen) atoms. The Hall–Kier alpha value is -2.38. The molecule has 0 radical (unpaired) electrons. The highest BCUT2D eigenvalue weighted by atomic mass is 19.3. The number of aromatic nitrogens is 4. The molecule has 138 valence electrons. The number of imidazole rings is 1. The van der Waals surface area contributed by atoms with Gasteiger partial charge in [0.2, 0.25) is 12.4 Å². The molecule has 0 spiro atoms. The maximum atomic E-state index is 12.8. The zero-order valence-electron chi connectivity index (χ0n) is 14.3. The molecule has 4 rings (SSSR count). The summed E-state index contributed by atoms with van der Waals surface area (Å²) in [4.78, 5) is 25.6. The summed E-state index contributed by atoms with van der Waals surface area (Å²) in [6.45, 7) is 0. The van der Waals surface area contributed by atoms with E-state index in [1.54, 1.807) is 29.4 Å². The topological polar surface area (TPSA) is 72.7 Å². The molecule has 2 saturated carbocycles. The number of amides is 1. The number of nitrogens with one attached hydrogen (secondary N) is 1. The summed E-state index contributed by atoms with van der Waals surface area (Å²) in [7, 11) is 0. The minimum atomic E-state index is -2.27. The largest absolute Gasteiger partial charge is 0.348 e. The van der Waals surface area contributed by atoms with Crippen molar-refractivity contribution in [3.05, 3.63) is 36.2 Å². The number of hydrogen-bond donors (Lipinski definition) is 1. The molecule has 8 heteroatoms. The van der Waals surface area contributed by atoms with E-state index >= 15 is 0 Å². The highest BCUT2D eigenvalue weighted by molar-refractivity contribution is 5.92. The van der Waals surface area contributed by atoms with Crippen molar-refractivity contribution < 1.29 is 13.6 Å². The molecular formula is C18H21F2N5O. The Kier molecular flexibility index (Phi) is 4.65. The maximum absolute atomic E-state index is 12.8. The highest BCUT2D eigenvalue weighted by Crippen LogP contribution is 2.39. The van der Waals surface area contributed by atoms with Crippen LogP contribution in [-0.4, -0.2) is 37.9 Å². The monoisotopic (exact) mass is 361 g/mol. The molecule has 2 aliphatic rings. The molecule has 0 aliphatic heterocycles. The fraction of sp³-hybridized carbons (Fsp3) is 0.556. The molecule has 2 aromatic heterocycles. The van der Waals surface area contributed by atoms with Gasteiger partial charge in [-0.15, -0.1) is 0 Å². The second-order valence-electron chi connectivity index (χ2n) is 7.14. The summed E-state index contributed by atoms with van der Waals surface area (Å²) in [5.74, 6) is -0.000520. The van der Waals surface area contributed by atoms with Crippen molar-refractivity contribution in [2.45, 2.75) is 56.9 Å². The summed E-state index contributed by atoms with van der Waals surface area (Å²) in [5, 5.41) is 2.95. The van der Waals surface area contributed by atoms with Crippen LogP contribution in [0.1, 0.15) is 60.6 Å². The van der Waals surface area contributed by atoms with Gasteiger partial charge in [0.15, 0.2) is 0 Å². The molecule has 0 atom stereocenters. The van der Waals surface area contributed by atoms with Gasteiger partial charge in [-0.1, -0.05) is 0 Å². The van der Waals surface area contributed by atoms with Gasteiger partial charge in [-0.2, -0.15) is 0 Å². The third-order valence-electron chi connectivity index (χ3n) is 5.16. The minimum absolute atomic E-state index is 0.0754. The third kappa shape index (κ3) is 3.73. The van der Waals surface area contributed by atoms with E-state index in [4.69, 9.17) is 0 Å². The summed E-state index contributed by atoms with van der Waals surface area (Å²) >= 11 is 0. The molecule has 0 saturated heterocycles. The van der Waals surface area contributed by atoms with Crippen molar-refractivity contribution in [2.75, 3.05) is 0 Å². The first-order chi connectivity index (χ1) is 12.6. The second kappa shape index (κ2) is 7.09. The van der Waals surface area contributed by atoms with Crippen molar-refractivity contribution in [1.29, 1.82) is 0 Å². The minimum Gasteiger partial charge on any atom is -0.348 e. The summed E-state index contributed by atoms with van der Waals surface area (Å²) in [5.41, 5.74) is 1.19. The first kappa shape index (κ1) is 17.1. The summed E-state index contributed by atoms with van der Waals surface area (Å²) in [6.07, 6.45) is 6.88. The zero-order valence-corrected chi connectivity index (χ0v) is 14.3. The number of carbonyl (C=O) groups is 1. The number of halogens is 2. The Morgan fingerprint density at radius 1 is 1.15 bits per heavy atom. The lowest BCUT2D eigenvalue weighted by atomic mass is 9.86. The van der Waals surface area contributed by atoms with Crippen LogP contribution in [0.2, 0.25) is 0 Å². The number of rotatable bonds is 5.